The number of rotatable bonds is 7. The SMILES string of the molecule is COC(CNC(=O)NCc1ccnn1C)CC(=O)O. The quantitative estimate of drug-likeness (QED) is 0.631. The van der Waals surface area contributed by atoms with Crippen molar-refractivity contribution in [3.8, 4) is 0 Å². The number of hydrogen-bond acceptors (Lipinski definition) is 4. The maximum absolute atomic E-state index is 11.5. The van der Waals surface area contributed by atoms with Crippen molar-refractivity contribution in [3.05, 3.63) is 18.0 Å². The third-order valence-electron chi connectivity index (χ3n) is 2.58. The second-order valence-corrected chi connectivity index (χ2v) is 3.97. The molecular formula is C11H18N4O4. The van der Waals surface area contributed by atoms with Crippen molar-refractivity contribution in [1.29, 1.82) is 0 Å². The van der Waals surface area contributed by atoms with Crippen LogP contribution >= 0.6 is 0 Å². The first-order chi connectivity index (χ1) is 9.02. The van der Waals surface area contributed by atoms with E-state index in [4.69, 9.17) is 9.84 Å². The zero-order valence-corrected chi connectivity index (χ0v) is 10.9. The van der Waals surface area contributed by atoms with Gasteiger partial charge in [-0.05, 0) is 6.07 Å². The molecule has 106 valence electrons. The van der Waals surface area contributed by atoms with Crippen molar-refractivity contribution < 1.29 is 19.4 Å². The highest BCUT2D eigenvalue weighted by molar-refractivity contribution is 5.74. The number of carbonyl (C=O) groups excluding carboxylic acids is 1. The van der Waals surface area contributed by atoms with Gasteiger partial charge in [0.15, 0.2) is 0 Å². The van der Waals surface area contributed by atoms with Gasteiger partial charge in [-0.25, -0.2) is 4.79 Å². The number of methoxy groups -OCH3 is 1. The maximum atomic E-state index is 11.5. The average molecular weight is 270 g/mol. The molecule has 1 heterocycles. The summed E-state index contributed by atoms with van der Waals surface area (Å²) in [4.78, 5) is 22.0. The first kappa shape index (κ1) is 15.0. The molecule has 8 nitrogen and oxygen atoms in total. The lowest BCUT2D eigenvalue weighted by atomic mass is 10.2. The number of ether oxygens (including phenoxy) is 1. The molecule has 0 aliphatic heterocycles. The standard InChI is InChI=1S/C11H18N4O4/c1-15-8(3-4-14-15)6-12-11(18)13-7-9(19-2)5-10(16)17/h3-4,9H,5-7H2,1-2H3,(H,16,17)(H2,12,13,18). The number of amides is 2. The molecule has 0 radical (unpaired) electrons. The van der Waals surface area contributed by atoms with Crippen molar-refractivity contribution >= 4 is 12.0 Å². The lowest BCUT2D eigenvalue weighted by molar-refractivity contribution is -0.139. The fourth-order valence-corrected chi connectivity index (χ4v) is 1.45. The predicted octanol–water partition coefficient (Wildman–Crippen LogP) is -0.291. The van der Waals surface area contributed by atoms with Gasteiger partial charge in [-0.3, -0.25) is 9.48 Å². The third-order valence-corrected chi connectivity index (χ3v) is 2.58. The molecule has 0 saturated heterocycles. The molecule has 1 aromatic heterocycles. The Bertz CT molecular complexity index is 432. The van der Waals surface area contributed by atoms with Crippen LogP contribution in [-0.4, -0.2) is 46.6 Å². The Morgan fingerprint density at radius 1 is 1.53 bits per heavy atom. The summed E-state index contributed by atoms with van der Waals surface area (Å²) in [5, 5.41) is 17.8. The normalized spacial score (nSPS) is 11.9. The van der Waals surface area contributed by atoms with Crippen LogP contribution < -0.4 is 10.6 Å². The number of urea groups is 1. The molecule has 1 unspecified atom stereocenters. The van der Waals surface area contributed by atoms with E-state index in [0.717, 1.165) is 5.69 Å². The molecular weight excluding hydrogens is 252 g/mol. The summed E-state index contributed by atoms with van der Waals surface area (Å²) < 4.78 is 6.60. The van der Waals surface area contributed by atoms with E-state index in [1.807, 2.05) is 0 Å². The molecule has 2 amide bonds. The number of aliphatic carboxylic acids is 1. The molecule has 0 aliphatic carbocycles. The van der Waals surface area contributed by atoms with Crippen molar-refractivity contribution in [1.82, 2.24) is 20.4 Å². The van der Waals surface area contributed by atoms with Crippen molar-refractivity contribution in [3.63, 3.8) is 0 Å². The summed E-state index contributed by atoms with van der Waals surface area (Å²) in [5.74, 6) is -0.969. The lowest BCUT2D eigenvalue weighted by Gasteiger charge is -2.14. The minimum atomic E-state index is -0.969. The number of carboxylic acid groups (broad SMARTS) is 1. The van der Waals surface area contributed by atoms with Gasteiger partial charge in [0, 0.05) is 26.9 Å². The van der Waals surface area contributed by atoms with Crippen molar-refractivity contribution in [2.24, 2.45) is 7.05 Å². The van der Waals surface area contributed by atoms with Gasteiger partial charge in [0.25, 0.3) is 0 Å². The van der Waals surface area contributed by atoms with E-state index in [-0.39, 0.29) is 19.0 Å². The smallest absolute Gasteiger partial charge is 0.315 e. The molecule has 1 rings (SSSR count). The van der Waals surface area contributed by atoms with E-state index in [2.05, 4.69) is 15.7 Å². The van der Waals surface area contributed by atoms with Crippen molar-refractivity contribution in [2.45, 2.75) is 19.1 Å². The fourth-order valence-electron chi connectivity index (χ4n) is 1.45. The highest BCUT2D eigenvalue weighted by atomic mass is 16.5. The maximum Gasteiger partial charge on any atom is 0.315 e. The second kappa shape index (κ2) is 7.37. The van der Waals surface area contributed by atoms with Crippen LogP contribution in [0.2, 0.25) is 0 Å². The largest absolute Gasteiger partial charge is 0.481 e. The lowest BCUT2D eigenvalue weighted by Crippen LogP contribution is -2.40. The van der Waals surface area contributed by atoms with Gasteiger partial charge in [0.1, 0.15) is 0 Å². The van der Waals surface area contributed by atoms with Crippen LogP contribution in [0.4, 0.5) is 4.79 Å². The molecule has 19 heavy (non-hydrogen) atoms. The first-order valence-electron chi connectivity index (χ1n) is 5.76. The summed E-state index contributed by atoms with van der Waals surface area (Å²) in [5.41, 5.74) is 0.865. The van der Waals surface area contributed by atoms with Crippen LogP contribution in [0.15, 0.2) is 12.3 Å². The number of carboxylic acids is 1. The first-order valence-corrected chi connectivity index (χ1v) is 5.76. The predicted molar refractivity (Wildman–Crippen MR) is 66.5 cm³/mol. The molecule has 0 aromatic carbocycles. The number of aryl methyl sites for hydroxylation is 1. The molecule has 0 aliphatic rings. The average Bonchev–Trinajstić information content (AvgIpc) is 2.77. The topological polar surface area (TPSA) is 105 Å². The zero-order chi connectivity index (χ0) is 14.3. The van der Waals surface area contributed by atoms with Crippen LogP contribution in [0.1, 0.15) is 12.1 Å². The Labute approximate surface area is 110 Å². The molecule has 0 fully saturated rings. The van der Waals surface area contributed by atoms with E-state index in [1.165, 1.54) is 7.11 Å². The van der Waals surface area contributed by atoms with Crippen LogP contribution in [0.3, 0.4) is 0 Å². The highest BCUT2D eigenvalue weighted by Gasteiger charge is 2.13. The van der Waals surface area contributed by atoms with Crippen LogP contribution in [-0.2, 0) is 23.1 Å². The Morgan fingerprint density at radius 3 is 2.79 bits per heavy atom. The van der Waals surface area contributed by atoms with Gasteiger partial charge >= 0.3 is 12.0 Å². The van der Waals surface area contributed by atoms with Gasteiger partial charge in [0.2, 0.25) is 0 Å². The summed E-state index contributed by atoms with van der Waals surface area (Å²) in [7, 11) is 3.19. The molecule has 0 spiro atoms. The van der Waals surface area contributed by atoms with Crippen molar-refractivity contribution in [2.75, 3.05) is 13.7 Å². The van der Waals surface area contributed by atoms with Crippen LogP contribution in [0.25, 0.3) is 0 Å². The fraction of sp³-hybridized carbons (Fsp3) is 0.545. The van der Waals surface area contributed by atoms with Crippen LogP contribution in [0.5, 0.6) is 0 Å². The van der Waals surface area contributed by atoms with E-state index < -0.39 is 12.1 Å². The molecule has 3 N–H and O–H groups in total. The van der Waals surface area contributed by atoms with Crippen LogP contribution in [0, 0.1) is 0 Å². The van der Waals surface area contributed by atoms with Gasteiger partial charge in [-0.15, -0.1) is 0 Å². The van der Waals surface area contributed by atoms with Gasteiger partial charge in [0.05, 0.1) is 24.8 Å². The van der Waals surface area contributed by atoms with Gasteiger partial charge in [-0.1, -0.05) is 0 Å². The summed E-state index contributed by atoms with van der Waals surface area (Å²) in [6.45, 7) is 0.485. The number of aromatic nitrogens is 2. The Balaban J connectivity index is 2.27. The summed E-state index contributed by atoms with van der Waals surface area (Å²) >= 11 is 0. The Kier molecular flexibility index (Phi) is 5.80. The minimum Gasteiger partial charge on any atom is -0.481 e. The number of carbonyl (C=O) groups is 2. The number of nitrogens with one attached hydrogen (secondary N) is 2. The van der Waals surface area contributed by atoms with Gasteiger partial charge in [-0.2, -0.15) is 5.10 Å². The summed E-state index contributed by atoms with van der Waals surface area (Å²) in [6.07, 6.45) is 0.946. The number of nitrogens with zero attached hydrogens (tertiary/aromatic N) is 2. The second-order valence-electron chi connectivity index (χ2n) is 3.97. The third kappa shape index (κ3) is 5.38. The molecule has 8 heteroatoms. The van der Waals surface area contributed by atoms with Gasteiger partial charge < -0.3 is 20.5 Å². The van der Waals surface area contributed by atoms with E-state index >= 15 is 0 Å². The highest BCUT2D eigenvalue weighted by Crippen LogP contribution is 1.96. The van der Waals surface area contributed by atoms with E-state index in [1.54, 1.807) is 24.0 Å². The zero-order valence-electron chi connectivity index (χ0n) is 10.9. The molecule has 0 bridgehead atoms. The number of hydrogen-bond donors (Lipinski definition) is 3. The Hall–Kier alpha value is -2.09. The summed E-state index contributed by atoms with van der Waals surface area (Å²) in [6, 6.07) is 1.41. The molecule has 0 saturated carbocycles. The molecule has 1 aromatic rings. The monoisotopic (exact) mass is 270 g/mol. The minimum absolute atomic E-state index is 0.139. The Morgan fingerprint density at radius 2 is 2.26 bits per heavy atom. The van der Waals surface area contributed by atoms with E-state index in [9.17, 15) is 9.59 Å². The van der Waals surface area contributed by atoms with E-state index in [0.29, 0.717) is 6.54 Å². The molecule has 1 atom stereocenters.